The summed E-state index contributed by atoms with van der Waals surface area (Å²) in [7, 11) is 2.70. The molecule has 0 saturated heterocycles. The molecule has 3 rings (SSSR count). The highest BCUT2D eigenvalue weighted by atomic mass is 19.2. The molecule has 0 atom stereocenters. The molecule has 8 heteroatoms. The number of carbonyl (C=O) groups is 2. The average Bonchev–Trinajstić information content (AvgIpc) is 2.83. The van der Waals surface area contributed by atoms with E-state index in [1.165, 1.54) is 26.4 Å². The van der Waals surface area contributed by atoms with Gasteiger partial charge in [0.25, 0.3) is 11.8 Å². The van der Waals surface area contributed by atoms with Crippen LogP contribution in [0.3, 0.4) is 0 Å². The van der Waals surface area contributed by atoms with Gasteiger partial charge < -0.3 is 9.47 Å². The summed E-state index contributed by atoms with van der Waals surface area (Å²) in [6.07, 6.45) is 0. The molecule has 0 aromatic heterocycles. The van der Waals surface area contributed by atoms with Crippen LogP contribution in [0.1, 0.15) is 26.3 Å². The number of ether oxygens (including phenoxy) is 2. The molecule has 0 unspecified atom stereocenters. The maximum atomic E-state index is 13.3. The predicted octanol–water partition coefficient (Wildman–Crippen LogP) is 2.92. The van der Waals surface area contributed by atoms with Gasteiger partial charge in [-0.25, -0.2) is 13.2 Å². The Balaban J connectivity index is 2.01. The van der Waals surface area contributed by atoms with Crippen LogP contribution in [0.5, 0.6) is 11.5 Å². The third-order valence-corrected chi connectivity index (χ3v) is 3.86. The molecule has 0 aliphatic carbocycles. The lowest BCUT2D eigenvalue weighted by atomic mass is 10.1. The zero-order valence-electron chi connectivity index (χ0n) is 13.2. The minimum Gasteiger partial charge on any atom is -0.493 e. The van der Waals surface area contributed by atoms with Crippen molar-refractivity contribution in [2.24, 2.45) is 0 Å². The monoisotopic (exact) mass is 351 g/mol. The van der Waals surface area contributed by atoms with E-state index in [4.69, 9.17) is 9.47 Å². The average molecular weight is 351 g/mol. The van der Waals surface area contributed by atoms with Gasteiger partial charge in [-0.05, 0) is 29.8 Å². The second-order valence-electron chi connectivity index (χ2n) is 5.29. The molecule has 1 aliphatic heterocycles. The summed E-state index contributed by atoms with van der Waals surface area (Å²) in [6, 6.07) is 4.35. The van der Waals surface area contributed by atoms with E-state index in [1.54, 1.807) is 0 Å². The summed E-state index contributed by atoms with van der Waals surface area (Å²) in [6.45, 7) is -0.411. The second-order valence-corrected chi connectivity index (χ2v) is 5.29. The van der Waals surface area contributed by atoms with E-state index >= 15 is 0 Å². The summed E-state index contributed by atoms with van der Waals surface area (Å²) in [5.41, 5.74) is 0.0393. The molecular formula is C17H12F3NO4. The highest BCUT2D eigenvalue weighted by Crippen LogP contribution is 2.38. The number of halogens is 3. The fourth-order valence-corrected chi connectivity index (χ4v) is 2.72. The zero-order valence-corrected chi connectivity index (χ0v) is 13.2. The Morgan fingerprint density at radius 2 is 1.60 bits per heavy atom. The quantitative estimate of drug-likeness (QED) is 0.628. The Bertz CT molecular complexity index is 875. The SMILES string of the molecule is COc1ccc2c(c1OC)C(=O)N(Cc1cc(F)c(F)c(F)c1)C2=O. The molecule has 2 aromatic rings. The van der Waals surface area contributed by atoms with Gasteiger partial charge in [0, 0.05) is 0 Å². The summed E-state index contributed by atoms with van der Waals surface area (Å²) in [5.74, 6) is -5.39. The van der Waals surface area contributed by atoms with Gasteiger partial charge in [0.15, 0.2) is 29.0 Å². The van der Waals surface area contributed by atoms with Gasteiger partial charge in [0.2, 0.25) is 0 Å². The molecule has 0 N–H and O–H groups in total. The van der Waals surface area contributed by atoms with Crippen molar-refractivity contribution in [2.45, 2.75) is 6.54 Å². The van der Waals surface area contributed by atoms with Gasteiger partial charge in [-0.1, -0.05) is 0 Å². The van der Waals surface area contributed by atoms with Crippen LogP contribution < -0.4 is 9.47 Å². The first-order valence-corrected chi connectivity index (χ1v) is 7.13. The fourth-order valence-electron chi connectivity index (χ4n) is 2.72. The van der Waals surface area contributed by atoms with Crippen molar-refractivity contribution in [3.8, 4) is 11.5 Å². The van der Waals surface area contributed by atoms with Crippen LogP contribution in [0.15, 0.2) is 24.3 Å². The van der Waals surface area contributed by atoms with E-state index in [0.717, 1.165) is 17.0 Å². The number of hydrogen-bond acceptors (Lipinski definition) is 4. The van der Waals surface area contributed by atoms with E-state index < -0.39 is 35.8 Å². The molecule has 0 spiro atoms. The number of amides is 2. The third kappa shape index (κ3) is 2.59. The second kappa shape index (κ2) is 6.12. The predicted molar refractivity (Wildman–Crippen MR) is 80.1 cm³/mol. The van der Waals surface area contributed by atoms with Crippen molar-refractivity contribution in [1.82, 2.24) is 4.90 Å². The van der Waals surface area contributed by atoms with Crippen molar-refractivity contribution >= 4 is 11.8 Å². The molecule has 1 aliphatic rings. The van der Waals surface area contributed by atoms with Crippen LogP contribution >= 0.6 is 0 Å². The van der Waals surface area contributed by atoms with Crippen LogP contribution in [0, 0.1) is 17.5 Å². The zero-order chi connectivity index (χ0) is 18.3. The van der Waals surface area contributed by atoms with E-state index in [9.17, 15) is 22.8 Å². The van der Waals surface area contributed by atoms with Crippen molar-refractivity contribution in [3.63, 3.8) is 0 Å². The summed E-state index contributed by atoms with van der Waals surface area (Å²) in [4.78, 5) is 25.9. The number of carbonyl (C=O) groups excluding carboxylic acids is 2. The van der Waals surface area contributed by atoms with Gasteiger partial charge >= 0.3 is 0 Å². The maximum Gasteiger partial charge on any atom is 0.265 e. The van der Waals surface area contributed by atoms with Crippen molar-refractivity contribution in [1.29, 1.82) is 0 Å². The maximum absolute atomic E-state index is 13.3. The molecule has 2 aromatic carbocycles. The van der Waals surface area contributed by atoms with Crippen LogP contribution in [0.4, 0.5) is 13.2 Å². The fraction of sp³-hybridized carbons (Fsp3) is 0.176. The Labute approximate surface area is 140 Å². The number of nitrogens with zero attached hydrogens (tertiary/aromatic N) is 1. The number of rotatable bonds is 4. The Morgan fingerprint density at radius 3 is 2.16 bits per heavy atom. The molecule has 2 amide bonds. The van der Waals surface area contributed by atoms with Gasteiger partial charge in [0.1, 0.15) is 0 Å². The minimum absolute atomic E-state index is 0.00917. The highest BCUT2D eigenvalue weighted by molar-refractivity contribution is 6.22. The van der Waals surface area contributed by atoms with E-state index in [2.05, 4.69) is 0 Å². The number of imide groups is 1. The number of methoxy groups -OCH3 is 2. The van der Waals surface area contributed by atoms with Crippen LogP contribution in [-0.4, -0.2) is 30.9 Å². The lowest BCUT2D eigenvalue weighted by Crippen LogP contribution is -2.29. The van der Waals surface area contributed by atoms with E-state index in [-0.39, 0.29) is 28.2 Å². The minimum atomic E-state index is -1.61. The first-order valence-electron chi connectivity index (χ1n) is 7.13. The molecule has 1 heterocycles. The molecule has 25 heavy (non-hydrogen) atoms. The summed E-state index contributed by atoms with van der Waals surface area (Å²) < 4.78 is 50.0. The standard InChI is InChI=1S/C17H12F3NO4/c1-24-12-4-3-9-13(15(12)25-2)17(23)21(16(9)22)7-8-5-10(18)14(20)11(19)6-8/h3-6H,7H2,1-2H3. The molecular weight excluding hydrogens is 339 g/mol. The van der Waals surface area contributed by atoms with Crippen LogP contribution in [0.2, 0.25) is 0 Å². The van der Waals surface area contributed by atoms with Crippen molar-refractivity contribution in [2.75, 3.05) is 14.2 Å². The highest BCUT2D eigenvalue weighted by Gasteiger charge is 2.39. The number of hydrogen-bond donors (Lipinski definition) is 0. The number of fused-ring (bicyclic) bond motifs is 1. The smallest absolute Gasteiger partial charge is 0.265 e. The first-order chi connectivity index (χ1) is 11.9. The molecule has 0 bridgehead atoms. The van der Waals surface area contributed by atoms with Crippen LogP contribution in [0.25, 0.3) is 0 Å². The Morgan fingerprint density at radius 1 is 0.960 bits per heavy atom. The van der Waals surface area contributed by atoms with Crippen LogP contribution in [-0.2, 0) is 6.54 Å². The normalized spacial score (nSPS) is 13.2. The van der Waals surface area contributed by atoms with Gasteiger partial charge in [-0.3, -0.25) is 14.5 Å². The lowest BCUT2D eigenvalue weighted by Gasteiger charge is -2.14. The molecule has 130 valence electrons. The summed E-state index contributed by atoms with van der Waals surface area (Å²) in [5, 5.41) is 0. The lowest BCUT2D eigenvalue weighted by molar-refractivity contribution is 0.0641. The van der Waals surface area contributed by atoms with E-state index in [0.29, 0.717) is 0 Å². The van der Waals surface area contributed by atoms with Gasteiger partial charge in [-0.15, -0.1) is 0 Å². The largest absolute Gasteiger partial charge is 0.493 e. The molecule has 0 saturated carbocycles. The third-order valence-electron chi connectivity index (χ3n) is 3.86. The van der Waals surface area contributed by atoms with E-state index in [1.807, 2.05) is 0 Å². The Hall–Kier alpha value is -3.03. The summed E-state index contributed by atoms with van der Waals surface area (Å²) >= 11 is 0. The Kier molecular flexibility index (Phi) is 4.12. The molecule has 0 radical (unpaired) electrons. The van der Waals surface area contributed by atoms with Gasteiger partial charge in [-0.2, -0.15) is 0 Å². The van der Waals surface area contributed by atoms with Crippen molar-refractivity contribution < 1.29 is 32.2 Å². The van der Waals surface area contributed by atoms with Gasteiger partial charge in [0.05, 0.1) is 31.9 Å². The topological polar surface area (TPSA) is 55.8 Å². The molecule has 5 nitrogen and oxygen atoms in total. The van der Waals surface area contributed by atoms with Crippen molar-refractivity contribution in [3.05, 3.63) is 58.4 Å². The first kappa shape index (κ1) is 16.8. The number of benzene rings is 2. The molecule has 0 fully saturated rings.